The number of H-pyrrole nitrogens is 1. The molecular weight excluding hydrogens is 218 g/mol. The number of phosphoric ester groups is 1. The van der Waals surface area contributed by atoms with Crippen molar-refractivity contribution < 1.29 is 35.4 Å². The second-order valence-electron chi connectivity index (χ2n) is 1.48. The predicted octanol–water partition coefficient (Wildman–Crippen LogP) is -0.121. The summed E-state index contributed by atoms with van der Waals surface area (Å²) in [5.41, 5.74) is 0. The van der Waals surface area contributed by atoms with Crippen LogP contribution in [0.2, 0.25) is 0 Å². The average molecular weight is 223 g/mol. The number of rotatable bonds is 2. The maximum absolute atomic E-state index is 10.1. The van der Waals surface area contributed by atoms with Gasteiger partial charge in [-0.25, -0.2) is 9.55 Å². The van der Waals surface area contributed by atoms with Crippen molar-refractivity contribution in [2.24, 2.45) is 0 Å². The van der Waals surface area contributed by atoms with E-state index in [1.807, 2.05) is 0 Å². The van der Waals surface area contributed by atoms with E-state index in [2.05, 4.69) is 14.5 Å². The Morgan fingerprint density at radius 3 is 2.64 bits per heavy atom. The Hall–Kier alpha value is -0.346. The molecule has 0 bridgehead atoms. The van der Waals surface area contributed by atoms with Crippen molar-refractivity contribution in [2.75, 3.05) is 0 Å². The van der Waals surface area contributed by atoms with Crippen LogP contribution in [0.25, 0.3) is 0 Å². The molecule has 0 aliphatic rings. The molecule has 0 amide bonds. The van der Waals surface area contributed by atoms with Crippen LogP contribution in [0.4, 0.5) is 0 Å². The maximum Gasteiger partial charge on any atom is 0.527 e. The second kappa shape index (κ2) is 3.88. The molecule has 0 aliphatic heterocycles. The number of hydrogen-bond acceptors (Lipinski definition) is 3. The number of imidazole rings is 1. The quantitative estimate of drug-likeness (QED) is 0.479. The molecule has 6 nitrogen and oxygen atoms in total. The standard InChI is InChI=1S/C3H5N2O4P.Ni/c6-10(7,8)9-3-4-1-2-5-3;/h1-2H,(H,4,5)(H2,6,7,8);. The molecule has 1 aromatic rings. The van der Waals surface area contributed by atoms with Gasteiger partial charge in [0.15, 0.2) is 0 Å². The fraction of sp³-hybridized carbons (Fsp3) is 0. The van der Waals surface area contributed by atoms with Crippen molar-refractivity contribution in [3.05, 3.63) is 12.4 Å². The summed E-state index contributed by atoms with van der Waals surface area (Å²) >= 11 is 0. The van der Waals surface area contributed by atoms with Crippen molar-refractivity contribution in [2.45, 2.75) is 0 Å². The van der Waals surface area contributed by atoms with Crippen molar-refractivity contribution in [1.82, 2.24) is 9.97 Å². The molecule has 0 radical (unpaired) electrons. The first-order valence-corrected chi connectivity index (χ1v) is 3.85. The Bertz CT molecular complexity index is 244. The van der Waals surface area contributed by atoms with Crippen LogP contribution in [-0.2, 0) is 21.1 Å². The van der Waals surface area contributed by atoms with Crippen LogP contribution in [0.3, 0.4) is 0 Å². The van der Waals surface area contributed by atoms with Gasteiger partial charge in [0.05, 0.1) is 0 Å². The largest absolute Gasteiger partial charge is 0.527 e. The predicted molar refractivity (Wildman–Crippen MR) is 31.3 cm³/mol. The number of nitrogens with zero attached hydrogens (tertiary/aromatic N) is 1. The first-order chi connectivity index (χ1) is 4.58. The van der Waals surface area contributed by atoms with Crippen molar-refractivity contribution >= 4 is 7.82 Å². The molecule has 1 heterocycles. The van der Waals surface area contributed by atoms with E-state index >= 15 is 0 Å². The van der Waals surface area contributed by atoms with Gasteiger partial charge in [-0.3, -0.25) is 9.79 Å². The molecule has 0 saturated heterocycles. The Balaban J connectivity index is 0.000001000. The van der Waals surface area contributed by atoms with Crippen molar-refractivity contribution in [3.63, 3.8) is 0 Å². The van der Waals surface area contributed by atoms with E-state index in [9.17, 15) is 4.57 Å². The summed E-state index contributed by atoms with van der Waals surface area (Å²) in [6.45, 7) is 0. The number of aromatic nitrogens is 2. The summed E-state index contributed by atoms with van der Waals surface area (Å²) in [6, 6.07) is -0.187. The smallest absolute Gasteiger partial charge is 0.370 e. The van der Waals surface area contributed by atoms with Gasteiger partial charge in [-0.05, 0) is 0 Å². The normalized spacial score (nSPS) is 10.4. The molecule has 0 atom stereocenters. The van der Waals surface area contributed by atoms with Crippen LogP contribution in [0.5, 0.6) is 6.01 Å². The molecule has 0 saturated carbocycles. The van der Waals surface area contributed by atoms with Gasteiger partial charge in [0, 0.05) is 28.9 Å². The Morgan fingerprint density at radius 2 is 2.27 bits per heavy atom. The summed E-state index contributed by atoms with van der Waals surface area (Å²) in [6.07, 6.45) is 2.72. The molecule has 0 aliphatic carbocycles. The average Bonchev–Trinajstić information content (AvgIpc) is 2.12. The van der Waals surface area contributed by atoms with Crippen LogP contribution in [0.1, 0.15) is 0 Å². The summed E-state index contributed by atoms with van der Waals surface area (Å²) in [5.74, 6) is 0. The molecular formula is C3H5N2NiO4P. The molecule has 0 fully saturated rings. The van der Waals surface area contributed by atoms with Gasteiger partial charge in [-0.1, -0.05) is 0 Å². The zero-order chi connectivity index (χ0) is 7.61. The monoisotopic (exact) mass is 222 g/mol. The number of aromatic amines is 1. The van der Waals surface area contributed by atoms with Crippen LogP contribution in [0, 0.1) is 0 Å². The topological polar surface area (TPSA) is 95.4 Å². The summed E-state index contributed by atoms with van der Waals surface area (Å²) in [5, 5.41) is 0. The summed E-state index contributed by atoms with van der Waals surface area (Å²) in [4.78, 5) is 22.2. The number of hydrogen-bond donors (Lipinski definition) is 3. The second-order valence-corrected chi connectivity index (χ2v) is 2.64. The molecule has 1 rings (SSSR count). The molecule has 11 heavy (non-hydrogen) atoms. The van der Waals surface area contributed by atoms with Gasteiger partial charge in [0.2, 0.25) is 0 Å². The molecule has 0 unspecified atom stereocenters. The minimum Gasteiger partial charge on any atom is -0.370 e. The maximum atomic E-state index is 10.1. The fourth-order valence-corrected chi connectivity index (χ4v) is 0.738. The molecule has 3 N–H and O–H groups in total. The van der Waals surface area contributed by atoms with Crippen molar-refractivity contribution in [1.29, 1.82) is 0 Å². The summed E-state index contributed by atoms with van der Waals surface area (Å²) < 4.78 is 14.2. The van der Waals surface area contributed by atoms with E-state index in [1.165, 1.54) is 12.4 Å². The summed E-state index contributed by atoms with van der Waals surface area (Å²) in [7, 11) is -4.45. The third kappa shape index (κ3) is 4.16. The van der Waals surface area contributed by atoms with Gasteiger partial charge in [0.25, 0.3) is 0 Å². The van der Waals surface area contributed by atoms with E-state index in [0.717, 1.165) is 0 Å². The van der Waals surface area contributed by atoms with Crippen molar-refractivity contribution in [3.8, 4) is 6.01 Å². The fourth-order valence-electron chi connectivity index (χ4n) is 0.413. The third-order valence-electron chi connectivity index (χ3n) is 0.679. The minimum absolute atomic E-state index is 0. The van der Waals surface area contributed by atoms with Gasteiger partial charge in [-0.15, -0.1) is 0 Å². The SMILES string of the molecule is O=P(O)(O)Oc1ncc[nH]1.[Ni]. The Morgan fingerprint density at radius 1 is 1.64 bits per heavy atom. The van der Waals surface area contributed by atoms with Gasteiger partial charge >= 0.3 is 13.8 Å². The van der Waals surface area contributed by atoms with Crippen LogP contribution >= 0.6 is 7.82 Å². The molecule has 0 spiro atoms. The molecule has 66 valence electrons. The van der Waals surface area contributed by atoms with Gasteiger partial charge in [0.1, 0.15) is 0 Å². The zero-order valence-corrected chi connectivity index (χ0v) is 6.96. The molecule has 8 heteroatoms. The number of nitrogens with one attached hydrogen (secondary N) is 1. The minimum atomic E-state index is -4.45. The van der Waals surface area contributed by atoms with E-state index in [4.69, 9.17) is 9.79 Å². The van der Waals surface area contributed by atoms with Gasteiger partial charge in [-0.2, -0.15) is 0 Å². The van der Waals surface area contributed by atoms with E-state index in [1.54, 1.807) is 0 Å². The molecule has 0 aromatic carbocycles. The van der Waals surface area contributed by atoms with Crippen LogP contribution in [-0.4, -0.2) is 19.8 Å². The van der Waals surface area contributed by atoms with Crippen LogP contribution in [0.15, 0.2) is 12.4 Å². The van der Waals surface area contributed by atoms with E-state index < -0.39 is 7.82 Å². The Kier molecular flexibility index (Phi) is 3.76. The van der Waals surface area contributed by atoms with Gasteiger partial charge < -0.3 is 9.51 Å². The molecule has 1 aromatic heterocycles. The third-order valence-corrected chi connectivity index (χ3v) is 1.09. The van der Waals surface area contributed by atoms with Crippen LogP contribution < -0.4 is 4.52 Å². The van der Waals surface area contributed by atoms with E-state index in [-0.39, 0.29) is 22.5 Å². The first-order valence-electron chi connectivity index (χ1n) is 2.32. The Labute approximate surface area is 72.2 Å². The van der Waals surface area contributed by atoms with E-state index in [0.29, 0.717) is 0 Å². The number of phosphoric acid groups is 1. The first kappa shape index (κ1) is 10.7. The zero-order valence-electron chi connectivity index (χ0n) is 5.08.